The van der Waals surface area contributed by atoms with Crippen LogP contribution in [0.2, 0.25) is 0 Å². The Hall–Kier alpha value is -3.47. The predicted octanol–water partition coefficient (Wildman–Crippen LogP) is 5.11. The van der Waals surface area contributed by atoms with Crippen molar-refractivity contribution in [2.45, 2.75) is 13.5 Å². The molecule has 4 aromatic rings. The molecule has 1 amide bonds. The zero-order chi connectivity index (χ0) is 18.8. The number of rotatable bonds is 4. The molecule has 1 N–H and O–H groups in total. The SMILES string of the molecule is CCn1ncc2ccc(NC(=O)c3cc(F)ccc3-c3ccccc3)cc21. The summed E-state index contributed by atoms with van der Waals surface area (Å²) in [5, 5.41) is 8.20. The van der Waals surface area contributed by atoms with Gasteiger partial charge in [-0.2, -0.15) is 5.10 Å². The summed E-state index contributed by atoms with van der Waals surface area (Å²) >= 11 is 0. The van der Waals surface area contributed by atoms with Gasteiger partial charge in [-0.1, -0.05) is 36.4 Å². The van der Waals surface area contributed by atoms with Gasteiger partial charge in [-0.3, -0.25) is 9.48 Å². The number of benzene rings is 3. The van der Waals surface area contributed by atoms with Gasteiger partial charge in [-0.25, -0.2) is 4.39 Å². The zero-order valence-electron chi connectivity index (χ0n) is 14.8. The van der Waals surface area contributed by atoms with Crippen LogP contribution in [-0.4, -0.2) is 15.7 Å². The van der Waals surface area contributed by atoms with E-state index in [2.05, 4.69) is 10.4 Å². The van der Waals surface area contributed by atoms with Crippen LogP contribution in [0.1, 0.15) is 17.3 Å². The van der Waals surface area contributed by atoms with Gasteiger partial charge in [0.2, 0.25) is 0 Å². The molecule has 1 aromatic heterocycles. The van der Waals surface area contributed by atoms with Crippen molar-refractivity contribution < 1.29 is 9.18 Å². The summed E-state index contributed by atoms with van der Waals surface area (Å²) in [4.78, 5) is 12.9. The number of hydrogen-bond acceptors (Lipinski definition) is 2. The van der Waals surface area contributed by atoms with Crippen LogP contribution >= 0.6 is 0 Å². The first kappa shape index (κ1) is 17.0. The minimum Gasteiger partial charge on any atom is -0.322 e. The third-order valence-corrected chi connectivity index (χ3v) is 4.51. The third-order valence-electron chi connectivity index (χ3n) is 4.51. The van der Waals surface area contributed by atoms with Crippen molar-refractivity contribution in [2.24, 2.45) is 0 Å². The molecule has 0 saturated heterocycles. The molecule has 4 nitrogen and oxygen atoms in total. The zero-order valence-corrected chi connectivity index (χ0v) is 14.8. The molecular weight excluding hydrogens is 341 g/mol. The van der Waals surface area contributed by atoms with Crippen molar-refractivity contribution in [3.8, 4) is 11.1 Å². The Balaban J connectivity index is 1.70. The second kappa shape index (κ2) is 7.03. The molecule has 0 aliphatic heterocycles. The summed E-state index contributed by atoms with van der Waals surface area (Å²) in [6.07, 6.45) is 1.80. The maximum atomic E-state index is 13.8. The van der Waals surface area contributed by atoms with E-state index in [0.717, 1.165) is 23.0 Å². The number of carbonyl (C=O) groups excluding carboxylic acids is 1. The molecule has 0 saturated carbocycles. The number of aromatic nitrogens is 2. The van der Waals surface area contributed by atoms with Gasteiger partial charge in [-0.05, 0) is 48.4 Å². The second-order valence-electron chi connectivity index (χ2n) is 6.24. The molecule has 1 heterocycles. The summed E-state index contributed by atoms with van der Waals surface area (Å²) in [6.45, 7) is 2.75. The standard InChI is InChI=1S/C22H18FN3O/c1-2-26-21-13-18(10-8-16(21)14-24-26)25-22(27)20-12-17(23)9-11-19(20)15-6-4-3-5-7-15/h3-14H,2H2,1H3,(H,25,27). The Bertz CT molecular complexity index is 1120. The Kier molecular flexibility index (Phi) is 4.42. The maximum absolute atomic E-state index is 13.8. The highest BCUT2D eigenvalue weighted by molar-refractivity contribution is 6.09. The lowest BCUT2D eigenvalue weighted by Crippen LogP contribution is -2.13. The summed E-state index contributed by atoms with van der Waals surface area (Å²) in [7, 11) is 0. The largest absolute Gasteiger partial charge is 0.322 e. The highest BCUT2D eigenvalue weighted by Gasteiger charge is 2.15. The number of carbonyl (C=O) groups is 1. The van der Waals surface area contributed by atoms with Gasteiger partial charge in [0.25, 0.3) is 5.91 Å². The van der Waals surface area contributed by atoms with Crippen LogP contribution in [0.3, 0.4) is 0 Å². The molecule has 0 aliphatic carbocycles. The first-order chi connectivity index (χ1) is 13.2. The van der Waals surface area contributed by atoms with Gasteiger partial charge < -0.3 is 5.32 Å². The lowest BCUT2D eigenvalue weighted by Gasteiger charge is -2.11. The van der Waals surface area contributed by atoms with E-state index in [0.29, 0.717) is 16.8 Å². The molecule has 27 heavy (non-hydrogen) atoms. The fourth-order valence-corrected chi connectivity index (χ4v) is 3.17. The number of anilines is 1. The molecule has 0 unspecified atom stereocenters. The van der Waals surface area contributed by atoms with Crippen LogP contribution in [-0.2, 0) is 6.54 Å². The van der Waals surface area contributed by atoms with Crippen LogP contribution < -0.4 is 5.32 Å². The van der Waals surface area contributed by atoms with E-state index in [9.17, 15) is 9.18 Å². The monoisotopic (exact) mass is 359 g/mol. The molecule has 4 rings (SSSR count). The van der Waals surface area contributed by atoms with E-state index in [4.69, 9.17) is 0 Å². The molecule has 0 aliphatic rings. The smallest absolute Gasteiger partial charge is 0.256 e. The fraction of sp³-hybridized carbons (Fsp3) is 0.0909. The van der Waals surface area contributed by atoms with Gasteiger partial charge in [0.15, 0.2) is 0 Å². The highest BCUT2D eigenvalue weighted by atomic mass is 19.1. The van der Waals surface area contributed by atoms with Crippen molar-refractivity contribution in [3.63, 3.8) is 0 Å². The highest BCUT2D eigenvalue weighted by Crippen LogP contribution is 2.26. The molecular formula is C22H18FN3O. The molecule has 3 aromatic carbocycles. The molecule has 0 spiro atoms. The van der Waals surface area contributed by atoms with Crippen molar-refractivity contribution in [3.05, 3.63) is 84.3 Å². The molecule has 0 radical (unpaired) electrons. The predicted molar refractivity (Wildman–Crippen MR) is 105 cm³/mol. The number of aryl methyl sites for hydroxylation is 1. The lowest BCUT2D eigenvalue weighted by atomic mass is 9.99. The van der Waals surface area contributed by atoms with Crippen molar-refractivity contribution in [2.75, 3.05) is 5.32 Å². The van der Waals surface area contributed by atoms with Gasteiger partial charge in [0, 0.05) is 17.6 Å². The Morgan fingerprint density at radius 1 is 1.07 bits per heavy atom. The minimum absolute atomic E-state index is 0.297. The van der Waals surface area contributed by atoms with Crippen molar-refractivity contribution in [1.29, 1.82) is 0 Å². The van der Waals surface area contributed by atoms with E-state index in [1.807, 2.05) is 60.1 Å². The van der Waals surface area contributed by atoms with Crippen LogP contribution in [0.25, 0.3) is 22.0 Å². The number of nitrogens with one attached hydrogen (secondary N) is 1. The van der Waals surface area contributed by atoms with E-state index in [1.54, 1.807) is 12.3 Å². The summed E-state index contributed by atoms with van der Waals surface area (Å²) in [5.41, 5.74) is 3.44. The number of nitrogens with zero attached hydrogens (tertiary/aromatic N) is 2. The molecule has 0 atom stereocenters. The molecule has 5 heteroatoms. The van der Waals surface area contributed by atoms with Crippen molar-refractivity contribution >= 4 is 22.5 Å². The van der Waals surface area contributed by atoms with Gasteiger partial charge in [0.1, 0.15) is 5.82 Å². The normalized spacial score (nSPS) is 10.9. The first-order valence-electron chi connectivity index (χ1n) is 8.77. The maximum Gasteiger partial charge on any atom is 0.256 e. The quantitative estimate of drug-likeness (QED) is 0.550. The van der Waals surface area contributed by atoms with Crippen LogP contribution in [0.4, 0.5) is 10.1 Å². The van der Waals surface area contributed by atoms with E-state index in [1.165, 1.54) is 12.1 Å². The van der Waals surface area contributed by atoms with Crippen molar-refractivity contribution in [1.82, 2.24) is 9.78 Å². The number of fused-ring (bicyclic) bond motifs is 1. The molecule has 134 valence electrons. The first-order valence-corrected chi connectivity index (χ1v) is 8.77. The van der Waals surface area contributed by atoms with Crippen LogP contribution in [0.15, 0.2) is 72.9 Å². The number of hydrogen-bond donors (Lipinski definition) is 1. The molecule has 0 bridgehead atoms. The number of amides is 1. The average Bonchev–Trinajstić information content (AvgIpc) is 3.11. The van der Waals surface area contributed by atoms with Crippen LogP contribution in [0, 0.1) is 5.82 Å². The van der Waals surface area contributed by atoms with E-state index < -0.39 is 5.82 Å². The van der Waals surface area contributed by atoms with E-state index >= 15 is 0 Å². The Labute approximate surface area is 156 Å². The second-order valence-corrected chi connectivity index (χ2v) is 6.24. The van der Waals surface area contributed by atoms with Crippen LogP contribution in [0.5, 0.6) is 0 Å². The van der Waals surface area contributed by atoms with Gasteiger partial charge in [-0.15, -0.1) is 0 Å². The summed E-state index contributed by atoms with van der Waals surface area (Å²) in [6, 6.07) is 19.4. The third kappa shape index (κ3) is 3.31. The lowest BCUT2D eigenvalue weighted by molar-refractivity contribution is 0.102. The average molecular weight is 359 g/mol. The Morgan fingerprint density at radius 2 is 1.89 bits per heavy atom. The number of halogens is 1. The fourth-order valence-electron chi connectivity index (χ4n) is 3.17. The topological polar surface area (TPSA) is 46.9 Å². The Morgan fingerprint density at radius 3 is 2.67 bits per heavy atom. The summed E-state index contributed by atoms with van der Waals surface area (Å²) < 4.78 is 15.7. The van der Waals surface area contributed by atoms with Gasteiger partial charge in [0.05, 0.1) is 17.3 Å². The summed E-state index contributed by atoms with van der Waals surface area (Å²) in [5.74, 6) is -0.797. The molecule has 0 fully saturated rings. The van der Waals surface area contributed by atoms with E-state index in [-0.39, 0.29) is 5.91 Å². The minimum atomic E-state index is -0.445. The van der Waals surface area contributed by atoms with Gasteiger partial charge >= 0.3 is 0 Å².